The van der Waals surface area contributed by atoms with Crippen LogP contribution in [0.2, 0.25) is 0 Å². The van der Waals surface area contributed by atoms with Crippen molar-refractivity contribution in [1.29, 1.82) is 0 Å². The average molecular weight is 382 g/mol. The van der Waals surface area contributed by atoms with Crippen molar-refractivity contribution in [3.63, 3.8) is 0 Å². The van der Waals surface area contributed by atoms with Crippen LogP contribution in [0.15, 0.2) is 0 Å². The molecule has 0 bridgehead atoms. The number of carbonyl (C=O) groups is 1. The molecule has 0 saturated carbocycles. The molecule has 0 saturated heterocycles. The van der Waals surface area contributed by atoms with Crippen LogP contribution in [0.5, 0.6) is 0 Å². The number of phosphoric ester groups is 1. The van der Waals surface area contributed by atoms with Crippen molar-refractivity contribution in [2.24, 2.45) is 0 Å². The molecule has 0 heterocycles. The van der Waals surface area contributed by atoms with Gasteiger partial charge >= 0.3 is 13.8 Å². The zero-order valence-corrected chi connectivity index (χ0v) is 16.3. The minimum atomic E-state index is -4.70. The Morgan fingerprint density at radius 1 is 0.920 bits per heavy atom. The van der Waals surface area contributed by atoms with E-state index in [-0.39, 0.29) is 13.0 Å². The summed E-state index contributed by atoms with van der Waals surface area (Å²) in [4.78, 5) is 28.8. The van der Waals surface area contributed by atoms with Crippen LogP contribution in [-0.4, -0.2) is 40.2 Å². The van der Waals surface area contributed by atoms with Gasteiger partial charge in [0.15, 0.2) is 0 Å². The van der Waals surface area contributed by atoms with Crippen LogP contribution >= 0.6 is 7.82 Å². The summed E-state index contributed by atoms with van der Waals surface area (Å²) in [7, 11) is -4.70. The molecule has 150 valence electrons. The van der Waals surface area contributed by atoms with Gasteiger partial charge in [0.1, 0.15) is 12.7 Å². The fourth-order valence-corrected chi connectivity index (χ4v) is 3.02. The molecule has 0 aliphatic rings. The summed E-state index contributed by atoms with van der Waals surface area (Å²) < 4.78 is 19.8. The number of aliphatic hydroxyl groups excluding tert-OH is 1. The predicted molar refractivity (Wildman–Crippen MR) is 96.0 cm³/mol. The Kier molecular flexibility index (Phi) is 15.5. The third kappa shape index (κ3) is 18.1. The lowest BCUT2D eigenvalue weighted by molar-refractivity contribution is -0.147. The van der Waals surface area contributed by atoms with Crippen LogP contribution in [0, 0.1) is 0 Å². The SMILES string of the molecule is CCCCCCCCCCCCCC(=O)OC[C@H](CO)OP(=O)(O)O. The Labute approximate surface area is 151 Å². The zero-order valence-electron chi connectivity index (χ0n) is 15.4. The lowest BCUT2D eigenvalue weighted by Gasteiger charge is -2.15. The highest BCUT2D eigenvalue weighted by molar-refractivity contribution is 7.46. The first-order valence-electron chi connectivity index (χ1n) is 9.39. The molecule has 0 aromatic rings. The highest BCUT2D eigenvalue weighted by atomic mass is 31.2. The van der Waals surface area contributed by atoms with Gasteiger partial charge in [-0.2, -0.15) is 0 Å². The number of phosphoric acid groups is 1. The van der Waals surface area contributed by atoms with Crippen molar-refractivity contribution in [3.8, 4) is 0 Å². The van der Waals surface area contributed by atoms with E-state index in [2.05, 4.69) is 11.4 Å². The average Bonchev–Trinajstić information content (AvgIpc) is 2.55. The number of hydrogen-bond acceptors (Lipinski definition) is 5. The van der Waals surface area contributed by atoms with Crippen LogP contribution in [0.4, 0.5) is 0 Å². The Balaban J connectivity index is 3.47. The number of carbonyl (C=O) groups excluding carboxylic acids is 1. The third-order valence-corrected chi connectivity index (χ3v) is 4.48. The summed E-state index contributed by atoms with van der Waals surface area (Å²) in [6.07, 6.45) is 12.2. The summed E-state index contributed by atoms with van der Waals surface area (Å²) in [6, 6.07) is 0. The molecule has 1 atom stereocenters. The van der Waals surface area contributed by atoms with Gasteiger partial charge < -0.3 is 19.6 Å². The van der Waals surface area contributed by atoms with Gasteiger partial charge in [0, 0.05) is 6.42 Å². The van der Waals surface area contributed by atoms with Gasteiger partial charge in [-0.1, -0.05) is 71.1 Å². The summed E-state index contributed by atoms with van der Waals surface area (Å²) in [5.41, 5.74) is 0. The van der Waals surface area contributed by atoms with E-state index in [1.54, 1.807) is 0 Å². The van der Waals surface area contributed by atoms with E-state index in [1.807, 2.05) is 0 Å². The Morgan fingerprint density at radius 3 is 1.84 bits per heavy atom. The Hall–Kier alpha value is -0.460. The molecule has 0 unspecified atom stereocenters. The Morgan fingerprint density at radius 2 is 1.40 bits per heavy atom. The van der Waals surface area contributed by atoms with Gasteiger partial charge in [-0.15, -0.1) is 0 Å². The van der Waals surface area contributed by atoms with E-state index in [1.165, 1.54) is 51.4 Å². The van der Waals surface area contributed by atoms with Gasteiger partial charge in [0.05, 0.1) is 6.61 Å². The van der Waals surface area contributed by atoms with E-state index in [4.69, 9.17) is 19.6 Å². The van der Waals surface area contributed by atoms with E-state index in [9.17, 15) is 9.36 Å². The number of unbranched alkanes of at least 4 members (excludes halogenated alkanes) is 10. The molecular weight excluding hydrogens is 347 g/mol. The second-order valence-electron chi connectivity index (χ2n) is 6.37. The van der Waals surface area contributed by atoms with Crippen LogP contribution < -0.4 is 0 Å². The quantitative estimate of drug-likeness (QED) is 0.200. The standard InChI is InChI=1S/C17H35O7P/c1-2-3-4-5-6-7-8-9-10-11-12-13-17(19)23-15-16(14-18)24-25(20,21)22/h16,18H,2-15H2,1H3,(H2,20,21,22)/t16-/m0/s1. The lowest BCUT2D eigenvalue weighted by Crippen LogP contribution is -2.24. The van der Waals surface area contributed by atoms with Crippen molar-refractivity contribution in [1.82, 2.24) is 0 Å². The molecule has 0 aromatic heterocycles. The smallest absolute Gasteiger partial charge is 0.463 e. The molecule has 0 radical (unpaired) electrons. The van der Waals surface area contributed by atoms with Crippen LogP contribution in [0.3, 0.4) is 0 Å². The molecule has 8 heteroatoms. The molecule has 0 aliphatic heterocycles. The summed E-state index contributed by atoms with van der Waals surface area (Å²) in [6.45, 7) is 1.23. The van der Waals surface area contributed by atoms with Crippen molar-refractivity contribution < 1.29 is 33.5 Å². The second-order valence-corrected chi connectivity index (χ2v) is 7.56. The number of rotatable bonds is 17. The maximum absolute atomic E-state index is 11.5. The summed E-state index contributed by atoms with van der Waals surface area (Å²) >= 11 is 0. The van der Waals surface area contributed by atoms with Crippen molar-refractivity contribution >= 4 is 13.8 Å². The minimum Gasteiger partial charge on any atom is -0.463 e. The molecular formula is C17H35O7P. The topological polar surface area (TPSA) is 113 Å². The summed E-state index contributed by atoms with van der Waals surface area (Å²) in [5.74, 6) is -0.441. The number of esters is 1. The molecule has 0 aromatic carbocycles. The largest absolute Gasteiger partial charge is 0.470 e. The van der Waals surface area contributed by atoms with Gasteiger partial charge in [-0.05, 0) is 6.42 Å². The van der Waals surface area contributed by atoms with E-state index in [0.717, 1.165) is 19.3 Å². The van der Waals surface area contributed by atoms with Gasteiger partial charge in [0.2, 0.25) is 0 Å². The lowest BCUT2D eigenvalue weighted by atomic mass is 10.1. The van der Waals surface area contributed by atoms with Gasteiger partial charge in [-0.25, -0.2) is 4.57 Å². The fraction of sp³-hybridized carbons (Fsp3) is 0.941. The van der Waals surface area contributed by atoms with Crippen LogP contribution in [-0.2, 0) is 18.6 Å². The molecule has 0 amide bonds. The van der Waals surface area contributed by atoms with Gasteiger partial charge in [0.25, 0.3) is 0 Å². The monoisotopic (exact) mass is 382 g/mol. The number of ether oxygens (including phenoxy) is 1. The molecule has 3 N–H and O–H groups in total. The Bertz CT molecular complexity index is 370. The number of aliphatic hydroxyl groups is 1. The third-order valence-electron chi connectivity index (χ3n) is 3.90. The van der Waals surface area contributed by atoms with E-state index < -0.39 is 26.5 Å². The van der Waals surface area contributed by atoms with Crippen LogP contribution in [0.1, 0.15) is 84.0 Å². The number of hydrogen-bond donors (Lipinski definition) is 3. The maximum atomic E-state index is 11.5. The molecule has 0 aliphatic carbocycles. The zero-order chi connectivity index (χ0) is 19.0. The van der Waals surface area contributed by atoms with Crippen LogP contribution in [0.25, 0.3) is 0 Å². The molecule has 7 nitrogen and oxygen atoms in total. The first-order valence-corrected chi connectivity index (χ1v) is 10.9. The molecule has 0 spiro atoms. The molecule has 0 rings (SSSR count). The highest BCUT2D eigenvalue weighted by Gasteiger charge is 2.22. The summed E-state index contributed by atoms with van der Waals surface area (Å²) in [5, 5.41) is 8.92. The van der Waals surface area contributed by atoms with E-state index in [0.29, 0.717) is 0 Å². The normalized spacial score (nSPS) is 13.0. The second kappa shape index (κ2) is 15.8. The first kappa shape index (κ1) is 24.5. The maximum Gasteiger partial charge on any atom is 0.470 e. The molecule has 25 heavy (non-hydrogen) atoms. The van der Waals surface area contributed by atoms with Crippen molar-refractivity contribution in [2.45, 2.75) is 90.1 Å². The van der Waals surface area contributed by atoms with Crippen molar-refractivity contribution in [2.75, 3.05) is 13.2 Å². The minimum absolute atomic E-state index is 0.269. The fourth-order valence-electron chi connectivity index (χ4n) is 2.50. The van der Waals surface area contributed by atoms with Gasteiger partial charge in [-0.3, -0.25) is 9.32 Å². The van der Waals surface area contributed by atoms with Crippen molar-refractivity contribution in [3.05, 3.63) is 0 Å². The predicted octanol–water partition coefficient (Wildman–Crippen LogP) is 3.70. The molecule has 0 fully saturated rings. The first-order chi connectivity index (χ1) is 11.9. The van der Waals surface area contributed by atoms with E-state index >= 15 is 0 Å². The highest BCUT2D eigenvalue weighted by Crippen LogP contribution is 2.37.